The summed E-state index contributed by atoms with van der Waals surface area (Å²) in [6.45, 7) is 3.99. The summed E-state index contributed by atoms with van der Waals surface area (Å²) in [5.74, 6) is 0.577. The summed E-state index contributed by atoms with van der Waals surface area (Å²) in [6, 6.07) is 0.125. The molecule has 0 aliphatic heterocycles. The van der Waals surface area contributed by atoms with Crippen LogP contribution >= 0.6 is 0 Å². The predicted molar refractivity (Wildman–Crippen MR) is 73.5 cm³/mol. The minimum absolute atomic E-state index is 0.0347. The average Bonchev–Trinajstić information content (AvgIpc) is 2.94. The molecule has 1 heterocycles. The summed E-state index contributed by atoms with van der Waals surface area (Å²) in [7, 11) is 1.56. The molecule has 106 valence electrons. The summed E-state index contributed by atoms with van der Waals surface area (Å²) in [6.07, 6.45) is 6.06. The molecule has 1 aliphatic carbocycles. The number of hydrogen-bond donors (Lipinski definition) is 1. The highest BCUT2D eigenvalue weighted by Crippen LogP contribution is 2.33. The molecule has 0 aromatic carbocycles. The topological polar surface area (TPSA) is 70.1 Å². The van der Waals surface area contributed by atoms with Crippen molar-refractivity contribution in [1.82, 2.24) is 9.78 Å². The first kappa shape index (κ1) is 14.1. The van der Waals surface area contributed by atoms with Crippen LogP contribution in [-0.2, 0) is 0 Å². The Kier molecular flexibility index (Phi) is 3.94. The van der Waals surface area contributed by atoms with Crippen LogP contribution in [0.5, 0.6) is 5.75 Å². The summed E-state index contributed by atoms with van der Waals surface area (Å²) >= 11 is 0. The van der Waals surface area contributed by atoms with Gasteiger partial charge in [0.1, 0.15) is 5.69 Å². The lowest BCUT2D eigenvalue weighted by Gasteiger charge is -2.23. The Morgan fingerprint density at radius 1 is 1.53 bits per heavy atom. The number of ether oxygens (including phenoxy) is 1. The Morgan fingerprint density at radius 2 is 2.16 bits per heavy atom. The maximum absolute atomic E-state index is 12.6. The molecular formula is C14H23N3O2. The third-order valence-corrected chi connectivity index (χ3v) is 3.85. The van der Waals surface area contributed by atoms with E-state index >= 15 is 0 Å². The second-order valence-electron chi connectivity index (χ2n) is 5.77. The van der Waals surface area contributed by atoms with E-state index in [1.54, 1.807) is 18.0 Å². The van der Waals surface area contributed by atoms with E-state index in [0.717, 1.165) is 25.7 Å². The number of carbonyl (C=O) groups excluding carboxylic acids is 1. The van der Waals surface area contributed by atoms with Crippen LogP contribution in [0.4, 0.5) is 0 Å². The number of ketones is 1. The Balaban J connectivity index is 2.24. The third-order valence-electron chi connectivity index (χ3n) is 3.85. The van der Waals surface area contributed by atoms with Crippen molar-refractivity contribution >= 4 is 5.78 Å². The maximum atomic E-state index is 12.6. The van der Waals surface area contributed by atoms with Crippen LogP contribution in [0.3, 0.4) is 0 Å². The molecule has 1 aromatic heterocycles. The fraction of sp³-hybridized carbons (Fsp3) is 0.714. The third kappa shape index (κ3) is 2.81. The van der Waals surface area contributed by atoms with Crippen LogP contribution in [0.15, 0.2) is 6.20 Å². The van der Waals surface area contributed by atoms with Gasteiger partial charge in [-0.05, 0) is 26.7 Å². The van der Waals surface area contributed by atoms with Gasteiger partial charge in [-0.15, -0.1) is 0 Å². The van der Waals surface area contributed by atoms with E-state index in [-0.39, 0.29) is 17.4 Å². The van der Waals surface area contributed by atoms with Gasteiger partial charge >= 0.3 is 0 Å². The second-order valence-corrected chi connectivity index (χ2v) is 5.77. The zero-order valence-electron chi connectivity index (χ0n) is 12.0. The maximum Gasteiger partial charge on any atom is 0.186 e. The smallest absolute Gasteiger partial charge is 0.186 e. The highest BCUT2D eigenvalue weighted by Gasteiger charge is 2.34. The van der Waals surface area contributed by atoms with Crippen molar-refractivity contribution in [3.63, 3.8) is 0 Å². The molecule has 0 amide bonds. The van der Waals surface area contributed by atoms with Crippen LogP contribution in [0.25, 0.3) is 0 Å². The predicted octanol–water partition coefficient (Wildman–Crippen LogP) is 2.32. The van der Waals surface area contributed by atoms with Gasteiger partial charge in [-0.2, -0.15) is 5.10 Å². The molecule has 0 bridgehead atoms. The summed E-state index contributed by atoms with van der Waals surface area (Å²) < 4.78 is 6.97. The lowest BCUT2D eigenvalue weighted by atomic mass is 9.91. The lowest BCUT2D eigenvalue weighted by molar-refractivity contribution is 0.0936. The van der Waals surface area contributed by atoms with Gasteiger partial charge in [0.15, 0.2) is 11.5 Å². The van der Waals surface area contributed by atoms with Gasteiger partial charge in [0.05, 0.1) is 13.3 Å². The molecule has 1 aliphatic rings. The monoisotopic (exact) mass is 265 g/mol. The molecule has 2 N–H and O–H groups in total. The average molecular weight is 265 g/mol. The normalized spacial score (nSPS) is 17.9. The van der Waals surface area contributed by atoms with Crippen molar-refractivity contribution in [1.29, 1.82) is 0 Å². The Bertz CT molecular complexity index is 459. The lowest BCUT2D eigenvalue weighted by Crippen LogP contribution is -2.39. The highest BCUT2D eigenvalue weighted by atomic mass is 16.5. The van der Waals surface area contributed by atoms with E-state index in [9.17, 15) is 4.79 Å². The molecule has 1 fully saturated rings. The van der Waals surface area contributed by atoms with E-state index in [0.29, 0.717) is 17.9 Å². The van der Waals surface area contributed by atoms with E-state index < -0.39 is 0 Å². The number of hydrogen-bond acceptors (Lipinski definition) is 4. The van der Waals surface area contributed by atoms with Crippen molar-refractivity contribution in [2.24, 2.45) is 5.73 Å². The molecule has 0 radical (unpaired) electrons. The van der Waals surface area contributed by atoms with Crippen LogP contribution < -0.4 is 10.5 Å². The fourth-order valence-corrected chi connectivity index (χ4v) is 2.81. The molecule has 19 heavy (non-hydrogen) atoms. The van der Waals surface area contributed by atoms with Gasteiger partial charge in [-0.3, -0.25) is 9.48 Å². The Hall–Kier alpha value is -1.36. The van der Waals surface area contributed by atoms with Crippen molar-refractivity contribution in [3.8, 4) is 5.75 Å². The van der Waals surface area contributed by atoms with Crippen molar-refractivity contribution in [3.05, 3.63) is 11.9 Å². The van der Waals surface area contributed by atoms with Crippen molar-refractivity contribution in [2.45, 2.75) is 57.5 Å². The first-order valence-corrected chi connectivity index (χ1v) is 6.90. The minimum atomic E-state index is -0.339. The summed E-state index contributed by atoms with van der Waals surface area (Å²) in [5, 5.41) is 4.23. The Labute approximate surface area is 114 Å². The molecular weight excluding hydrogens is 242 g/mol. The number of rotatable bonds is 5. The zero-order valence-corrected chi connectivity index (χ0v) is 12.0. The van der Waals surface area contributed by atoms with Crippen LogP contribution in [0, 0.1) is 0 Å². The number of nitrogens with two attached hydrogens (primary N) is 1. The van der Waals surface area contributed by atoms with Crippen LogP contribution in [0.2, 0.25) is 0 Å². The SMILES string of the molecule is COc1cnn(C(C)C)c1C(=O)CC1(N)CCCC1. The van der Waals surface area contributed by atoms with Gasteiger partial charge < -0.3 is 10.5 Å². The molecule has 5 heteroatoms. The highest BCUT2D eigenvalue weighted by molar-refractivity contribution is 5.97. The molecule has 0 atom stereocenters. The standard InChI is InChI=1S/C14H23N3O2/c1-10(2)17-13(12(19-3)9-16-17)11(18)8-14(15)6-4-5-7-14/h9-10H,4-8,15H2,1-3H3. The minimum Gasteiger partial charge on any atom is -0.493 e. The summed E-state index contributed by atoms with van der Waals surface area (Å²) in [5.41, 5.74) is 6.50. The van der Waals surface area contributed by atoms with E-state index in [1.807, 2.05) is 13.8 Å². The molecule has 5 nitrogen and oxygen atoms in total. The van der Waals surface area contributed by atoms with Crippen molar-refractivity contribution < 1.29 is 9.53 Å². The van der Waals surface area contributed by atoms with Gasteiger partial charge in [-0.1, -0.05) is 12.8 Å². The first-order valence-electron chi connectivity index (χ1n) is 6.90. The van der Waals surface area contributed by atoms with Crippen LogP contribution in [0.1, 0.15) is 62.5 Å². The van der Waals surface area contributed by atoms with E-state index in [1.165, 1.54) is 0 Å². The number of carbonyl (C=O) groups is 1. The molecule has 0 unspecified atom stereocenters. The quantitative estimate of drug-likeness (QED) is 0.829. The summed E-state index contributed by atoms with van der Waals surface area (Å²) in [4.78, 5) is 12.6. The number of Topliss-reactive ketones (excluding diaryl/α,β-unsaturated/α-hetero) is 1. The number of nitrogens with zero attached hydrogens (tertiary/aromatic N) is 2. The fourth-order valence-electron chi connectivity index (χ4n) is 2.81. The molecule has 1 aromatic rings. The largest absolute Gasteiger partial charge is 0.493 e. The molecule has 1 saturated carbocycles. The second kappa shape index (κ2) is 5.33. The number of aromatic nitrogens is 2. The molecule has 0 spiro atoms. The van der Waals surface area contributed by atoms with Crippen LogP contribution in [-0.4, -0.2) is 28.2 Å². The molecule has 0 saturated heterocycles. The van der Waals surface area contributed by atoms with E-state index in [4.69, 9.17) is 10.5 Å². The van der Waals surface area contributed by atoms with Gasteiger partial charge in [-0.25, -0.2) is 0 Å². The zero-order chi connectivity index (χ0) is 14.0. The van der Waals surface area contributed by atoms with Gasteiger partial charge in [0, 0.05) is 18.0 Å². The Morgan fingerprint density at radius 3 is 2.68 bits per heavy atom. The molecule has 2 rings (SSSR count). The van der Waals surface area contributed by atoms with E-state index in [2.05, 4.69) is 5.10 Å². The van der Waals surface area contributed by atoms with Gasteiger partial charge in [0.25, 0.3) is 0 Å². The van der Waals surface area contributed by atoms with Crippen molar-refractivity contribution in [2.75, 3.05) is 7.11 Å². The van der Waals surface area contributed by atoms with Gasteiger partial charge in [0.2, 0.25) is 0 Å². The number of methoxy groups -OCH3 is 1. The first-order chi connectivity index (χ1) is 8.97.